The zero-order chi connectivity index (χ0) is 41.4. The molecule has 2 heterocycles. The lowest BCUT2D eigenvalue weighted by Crippen LogP contribution is -2.08. The van der Waals surface area contributed by atoms with Gasteiger partial charge in [0, 0.05) is 0 Å². The van der Waals surface area contributed by atoms with E-state index >= 15 is 0 Å². The first kappa shape index (κ1) is 38.8. The van der Waals surface area contributed by atoms with Gasteiger partial charge < -0.3 is 54.4 Å². The van der Waals surface area contributed by atoms with E-state index < -0.39 is 0 Å². The first-order chi connectivity index (χ1) is 27.6. The maximum Gasteiger partial charge on any atom is 0.157 e. The Hall–Kier alpha value is -7.46. The minimum absolute atomic E-state index is 0.0527. The van der Waals surface area contributed by atoms with Crippen LogP contribution in [0.5, 0.6) is 11.5 Å². The average Bonchev–Trinajstić information content (AvgIpc) is 3.19. The summed E-state index contributed by atoms with van der Waals surface area (Å²) in [6.45, 7) is 12.4. The molecule has 0 saturated heterocycles. The summed E-state index contributed by atoms with van der Waals surface area (Å²) in [5.74, 6) is -0.105. The number of phenolic OH excluding ortho intramolecular Hbond substituents is 2. The molecule has 0 saturated carbocycles. The van der Waals surface area contributed by atoms with Gasteiger partial charge in [0.05, 0.1) is 68.2 Å². The highest BCUT2D eigenvalue weighted by atomic mass is 16.3. The summed E-state index contributed by atoms with van der Waals surface area (Å²) in [5.41, 5.74) is 45.4. The second-order valence-electron chi connectivity index (χ2n) is 15.1. The van der Waals surface area contributed by atoms with E-state index in [9.17, 15) is 0 Å². The Labute approximate surface area is 339 Å². The molecular formula is C48H50N8O2. The van der Waals surface area contributed by atoms with Crippen molar-refractivity contribution in [1.82, 2.24) is 0 Å². The third kappa shape index (κ3) is 8.08. The summed E-state index contributed by atoms with van der Waals surface area (Å²) in [6, 6.07) is 36.0. The van der Waals surface area contributed by atoms with Gasteiger partial charge in [0.25, 0.3) is 0 Å². The predicted octanol–water partition coefficient (Wildman–Crippen LogP) is 11.6. The van der Waals surface area contributed by atoms with E-state index in [4.69, 9.17) is 33.1 Å². The van der Waals surface area contributed by atoms with Crippen LogP contribution in [-0.2, 0) is 0 Å². The van der Waals surface area contributed by atoms with Crippen LogP contribution in [0, 0.1) is 41.5 Å². The van der Waals surface area contributed by atoms with E-state index in [1.54, 1.807) is 24.3 Å². The Morgan fingerprint density at radius 1 is 0.293 bits per heavy atom. The zero-order valence-electron chi connectivity index (χ0n) is 33.6. The highest BCUT2D eigenvalue weighted by molar-refractivity contribution is 5.95. The number of benzene rings is 7. The number of aryl methyl sites for hydroxylation is 6. The van der Waals surface area contributed by atoms with Crippen molar-refractivity contribution in [3.05, 3.63) is 143 Å². The molecule has 0 spiro atoms. The molecule has 7 aromatic rings. The molecule has 0 amide bonds. The van der Waals surface area contributed by atoms with Gasteiger partial charge in [-0.15, -0.1) is 0 Å². The van der Waals surface area contributed by atoms with Gasteiger partial charge in [-0.1, -0.05) is 24.3 Å². The summed E-state index contributed by atoms with van der Waals surface area (Å²) in [4.78, 5) is 0. The van der Waals surface area contributed by atoms with E-state index in [-0.39, 0.29) is 11.5 Å². The second-order valence-corrected chi connectivity index (χ2v) is 15.1. The third-order valence-corrected chi connectivity index (χ3v) is 10.8. The van der Waals surface area contributed by atoms with Crippen LogP contribution in [-0.4, -0.2) is 10.2 Å². The van der Waals surface area contributed by atoms with Crippen molar-refractivity contribution in [3.8, 4) is 33.8 Å². The van der Waals surface area contributed by atoms with Crippen LogP contribution in [0.2, 0.25) is 0 Å². The minimum atomic E-state index is -0.0527. The number of nitrogens with one attached hydrogen (secondary N) is 4. The van der Waals surface area contributed by atoms with Gasteiger partial charge in [0.1, 0.15) is 0 Å². The molecule has 0 fully saturated rings. The summed E-state index contributed by atoms with van der Waals surface area (Å²) in [7, 11) is 0. The van der Waals surface area contributed by atoms with Crippen LogP contribution in [0.15, 0.2) is 109 Å². The molecule has 9 rings (SSSR count). The number of nitrogens with two attached hydrogens (primary N) is 4. The van der Waals surface area contributed by atoms with Crippen molar-refractivity contribution in [2.75, 3.05) is 44.2 Å². The van der Waals surface area contributed by atoms with Crippen LogP contribution in [0.4, 0.5) is 68.2 Å². The highest BCUT2D eigenvalue weighted by Gasteiger charge is 2.19. The lowest BCUT2D eigenvalue weighted by molar-refractivity contribution is 0.403. The highest BCUT2D eigenvalue weighted by Crippen LogP contribution is 2.44. The second kappa shape index (κ2) is 15.6. The van der Waals surface area contributed by atoms with Crippen molar-refractivity contribution in [3.63, 3.8) is 0 Å². The lowest BCUT2D eigenvalue weighted by Gasteiger charge is -2.26. The molecule has 0 aliphatic carbocycles. The largest absolute Gasteiger partial charge is 0.504 e. The summed E-state index contributed by atoms with van der Waals surface area (Å²) < 4.78 is 0. The van der Waals surface area contributed by atoms with Crippen LogP contribution in [0.1, 0.15) is 33.4 Å². The van der Waals surface area contributed by atoms with Gasteiger partial charge in [-0.05, 0) is 182 Å². The SMILES string of the molecule is Cc1cc(O)c(O)cc1C.Cc1cc2c(cc1C)Nc1cc(-c3ccc4c(c3)Nc3cc(C)c(C)cc3N4)ccc1N2.Nc1ccc(-c2ccc(N)c(N)c2)cc1N. The minimum Gasteiger partial charge on any atom is -0.504 e. The molecule has 10 heteroatoms. The van der Waals surface area contributed by atoms with Gasteiger partial charge >= 0.3 is 0 Å². The van der Waals surface area contributed by atoms with E-state index in [1.807, 2.05) is 38.1 Å². The molecule has 7 aromatic carbocycles. The molecule has 0 unspecified atom stereocenters. The van der Waals surface area contributed by atoms with Gasteiger partial charge in [-0.3, -0.25) is 0 Å². The van der Waals surface area contributed by atoms with Crippen molar-refractivity contribution < 1.29 is 10.2 Å². The monoisotopic (exact) mass is 770 g/mol. The maximum atomic E-state index is 8.97. The van der Waals surface area contributed by atoms with Crippen molar-refractivity contribution >= 4 is 68.2 Å². The average molecular weight is 771 g/mol. The van der Waals surface area contributed by atoms with E-state index in [0.717, 1.165) is 67.8 Å². The van der Waals surface area contributed by atoms with Crippen LogP contribution >= 0.6 is 0 Å². The van der Waals surface area contributed by atoms with Crippen molar-refractivity contribution in [2.45, 2.75) is 41.5 Å². The number of aromatic hydroxyl groups is 2. The standard InChI is InChI=1S/C28H26N4.C12H14N4.C8H10O2/c1-15-9-23-25(11-17(15)3)31-27-13-19(5-7-21(27)29-23)20-6-8-22-28(14-20)32-26-12-18(4)16(2)10-24(26)30-22;13-9-3-1-7(5-11(9)15)8-2-4-10(14)12(16)6-8;1-5-3-7(9)8(10)4-6(5)2/h5-14,29-32H,1-4H3;1-6H,13-16H2;3-4,9-10H,1-2H3. The summed E-state index contributed by atoms with van der Waals surface area (Å²) in [6.07, 6.45) is 0. The summed E-state index contributed by atoms with van der Waals surface area (Å²) >= 11 is 0. The zero-order valence-corrected chi connectivity index (χ0v) is 33.6. The van der Waals surface area contributed by atoms with E-state index in [1.165, 1.54) is 33.4 Å². The number of nitrogen functional groups attached to an aromatic ring is 4. The smallest absolute Gasteiger partial charge is 0.157 e. The number of phenols is 2. The normalized spacial score (nSPS) is 11.6. The third-order valence-electron chi connectivity index (χ3n) is 10.8. The fourth-order valence-electron chi connectivity index (χ4n) is 6.79. The lowest BCUT2D eigenvalue weighted by atomic mass is 9.99. The number of rotatable bonds is 2. The fourth-order valence-corrected chi connectivity index (χ4v) is 6.79. The maximum absolute atomic E-state index is 8.97. The molecule has 58 heavy (non-hydrogen) atoms. The van der Waals surface area contributed by atoms with Crippen LogP contribution in [0.25, 0.3) is 22.3 Å². The number of anilines is 12. The molecule has 294 valence electrons. The molecule has 14 N–H and O–H groups in total. The topological polar surface area (TPSA) is 193 Å². The Morgan fingerprint density at radius 2 is 0.552 bits per heavy atom. The van der Waals surface area contributed by atoms with Gasteiger partial charge in [0.15, 0.2) is 11.5 Å². The van der Waals surface area contributed by atoms with Gasteiger partial charge in [-0.2, -0.15) is 0 Å². The molecule has 10 nitrogen and oxygen atoms in total. The molecule has 0 bridgehead atoms. The number of hydrogen-bond donors (Lipinski definition) is 10. The van der Waals surface area contributed by atoms with Crippen molar-refractivity contribution in [2.24, 2.45) is 0 Å². The molecule has 0 aromatic heterocycles. The Balaban J connectivity index is 0.000000163. The molecule has 2 aliphatic heterocycles. The number of fused-ring (bicyclic) bond motifs is 4. The van der Waals surface area contributed by atoms with Gasteiger partial charge in [-0.25, -0.2) is 0 Å². The molecule has 0 radical (unpaired) electrons. The first-order valence-electron chi connectivity index (χ1n) is 19.0. The van der Waals surface area contributed by atoms with E-state index in [2.05, 4.69) is 110 Å². The number of hydrogen-bond acceptors (Lipinski definition) is 10. The first-order valence-corrected chi connectivity index (χ1v) is 19.0. The fraction of sp³-hybridized carbons (Fsp3) is 0.125. The van der Waals surface area contributed by atoms with Gasteiger partial charge in [0.2, 0.25) is 0 Å². The molecule has 2 aliphatic rings. The Kier molecular flexibility index (Phi) is 10.4. The molecule has 0 atom stereocenters. The molecular weight excluding hydrogens is 721 g/mol. The van der Waals surface area contributed by atoms with Crippen LogP contribution < -0.4 is 44.2 Å². The summed E-state index contributed by atoms with van der Waals surface area (Å²) in [5, 5.41) is 32.3. The Bertz CT molecular complexity index is 2520. The van der Waals surface area contributed by atoms with Crippen molar-refractivity contribution in [1.29, 1.82) is 0 Å². The predicted molar refractivity (Wildman–Crippen MR) is 246 cm³/mol. The van der Waals surface area contributed by atoms with Crippen LogP contribution in [0.3, 0.4) is 0 Å². The quantitative estimate of drug-likeness (QED) is 0.0597. The Morgan fingerprint density at radius 3 is 0.879 bits per heavy atom. The van der Waals surface area contributed by atoms with E-state index in [0.29, 0.717) is 22.7 Å².